The van der Waals surface area contributed by atoms with Gasteiger partial charge in [-0.25, -0.2) is 13.6 Å². The number of hydrogen-bond acceptors (Lipinski definition) is 2. The molecular weight excluding hydrogens is 153 g/mol. The Labute approximate surface area is 94.0 Å². The first kappa shape index (κ1) is 12.2. The van der Waals surface area contributed by atoms with Crippen molar-refractivity contribution in [2.75, 3.05) is 5.75 Å². The second-order valence-corrected chi connectivity index (χ2v) is 3.10. The number of nitrogens with two attached hydrogens (primary N) is 1. The van der Waals surface area contributed by atoms with Gasteiger partial charge in [0, 0.05) is 0 Å². The van der Waals surface area contributed by atoms with Crippen molar-refractivity contribution in [3.63, 3.8) is 0 Å². The van der Waals surface area contributed by atoms with Crippen LogP contribution in [0.3, 0.4) is 0 Å². The van der Waals surface area contributed by atoms with E-state index in [-0.39, 0.29) is 58.6 Å². The Morgan fingerprint density at radius 3 is 2.00 bits per heavy atom. The maximum Gasteiger partial charge on any atom is 1.00 e. The van der Waals surface area contributed by atoms with Crippen LogP contribution < -0.4 is 56.5 Å². The summed E-state index contributed by atoms with van der Waals surface area (Å²) in [6.07, 6.45) is 0.596. The van der Waals surface area contributed by atoms with Crippen LogP contribution in [-0.2, 0) is 10.0 Å². The fraction of sp³-hybridized carbons (Fsp3) is 1.00. The molecule has 0 aromatic carbocycles. The summed E-state index contributed by atoms with van der Waals surface area (Å²) in [5, 5.41) is 4.62. The van der Waals surface area contributed by atoms with E-state index in [9.17, 15) is 8.42 Å². The van der Waals surface area contributed by atoms with Gasteiger partial charge in [0.25, 0.3) is 0 Å². The zero-order valence-corrected chi connectivity index (χ0v) is 9.16. The van der Waals surface area contributed by atoms with Gasteiger partial charge in [0.2, 0.25) is 10.0 Å². The molecule has 0 saturated carbocycles. The monoisotopic (exact) mass is 163 g/mol. The Morgan fingerprint density at radius 2 is 2.00 bits per heavy atom. The van der Waals surface area contributed by atoms with Crippen LogP contribution in [0.2, 0.25) is 0 Å². The van der Waals surface area contributed by atoms with Crippen LogP contribution in [0.25, 0.3) is 0 Å². The van der Waals surface area contributed by atoms with Crippen LogP contribution in [0.15, 0.2) is 0 Å². The molecule has 0 spiro atoms. The molecule has 3 nitrogen and oxygen atoms in total. The average molecular weight is 163 g/mol. The van der Waals surface area contributed by atoms with Crippen molar-refractivity contribution in [3.05, 3.63) is 0 Å². The minimum absolute atomic E-state index is 0. The predicted molar refractivity (Wildman–Crippen MR) is 29.4 cm³/mol. The molecule has 0 aliphatic heterocycles. The molecule has 0 fully saturated rings. The van der Waals surface area contributed by atoms with Crippen LogP contribution in [0.5, 0.6) is 0 Å². The Morgan fingerprint density at radius 1 is 1.62 bits per heavy atom. The predicted octanol–water partition coefficient (Wildman–Crippen LogP) is -3.20. The number of rotatable bonds is 2. The molecule has 0 unspecified atom stereocenters. The Balaban J connectivity index is -0.000000180. The summed E-state index contributed by atoms with van der Waals surface area (Å²) < 4.78 is 20.0. The molecule has 0 heterocycles. The summed E-state index contributed by atoms with van der Waals surface area (Å²) in [6.45, 7) is 1.77. The molecule has 0 aliphatic carbocycles. The van der Waals surface area contributed by atoms with Crippen molar-refractivity contribution in [2.45, 2.75) is 13.3 Å². The first-order chi connectivity index (χ1) is 3.06. The molecule has 0 aromatic heterocycles. The molecule has 46 valence electrons. The molecule has 5 heteroatoms. The van der Waals surface area contributed by atoms with E-state index in [1.165, 1.54) is 0 Å². The van der Waals surface area contributed by atoms with Crippen LogP contribution in [0.1, 0.15) is 14.8 Å². The molecule has 0 aromatic rings. The zero-order chi connectivity index (χ0) is 5.91. The first-order valence-electron chi connectivity index (χ1n) is 2.06. The van der Waals surface area contributed by atoms with E-state index in [0.717, 1.165) is 0 Å². The summed E-state index contributed by atoms with van der Waals surface area (Å²) in [5.41, 5.74) is 0. The van der Waals surface area contributed by atoms with Gasteiger partial charge in [-0.15, -0.1) is 0 Å². The molecule has 0 bridgehead atoms. The van der Waals surface area contributed by atoms with E-state index >= 15 is 0 Å². The Bertz CT molecular complexity index is 135. The summed E-state index contributed by atoms with van der Waals surface area (Å²) in [6, 6.07) is 0. The van der Waals surface area contributed by atoms with Gasteiger partial charge in [-0.1, -0.05) is 6.92 Å². The van der Waals surface area contributed by atoms with Crippen molar-refractivity contribution >= 4 is 10.0 Å². The van der Waals surface area contributed by atoms with Gasteiger partial charge in [0.15, 0.2) is 0 Å². The molecule has 0 amide bonds. The van der Waals surface area contributed by atoms with Crippen LogP contribution in [0, 0.1) is 0 Å². The van der Waals surface area contributed by atoms with Gasteiger partial charge in [-0.05, 0) is 6.42 Å². The SMILES string of the molecule is CCCS(N)(=O)=O.[H-].[K+]. The van der Waals surface area contributed by atoms with Crippen LogP contribution in [-0.4, -0.2) is 14.2 Å². The van der Waals surface area contributed by atoms with E-state index < -0.39 is 10.0 Å². The van der Waals surface area contributed by atoms with Gasteiger partial charge in [-0.2, -0.15) is 0 Å². The van der Waals surface area contributed by atoms with Crippen molar-refractivity contribution < 1.29 is 61.2 Å². The molecule has 0 saturated heterocycles. The van der Waals surface area contributed by atoms with Crippen LogP contribution >= 0.6 is 0 Å². The summed E-state index contributed by atoms with van der Waals surface area (Å²) >= 11 is 0. The Kier molecular flexibility index (Phi) is 8.17. The van der Waals surface area contributed by atoms with Gasteiger partial charge >= 0.3 is 51.4 Å². The summed E-state index contributed by atoms with van der Waals surface area (Å²) in [5.74, 6) is 0.0903. The van der Waals surface area contributed by atoms with Crippen LogP contribution in [0.4, 0.5) is 0 Å². The summed E-state index contributed by atoms with van der Waals surface area (Å²) in [7, 11) is -3.17. The second kappa shape index (κ2) is 5.34. The second-order valence-electron chi connectivity index (χ2n) is 1.37. The Hall–Kier alpha value is 1.55. The molecule has 0 aliphatic rings. The van der Waals surface area contributed by atoms with E-state index in [2.05, 4.69) is 5.14 Å². The molecule has 0 rings (SSSR count). The third-order valence-electron chi connectivity index (χ3n) is 0.489. The van der Waals surface area contributed by atoms with E-state index in [0.29, 0.717) is 6.42 Å². The topological polar surface area (TPSA) is 60.2 Å². The normalized spacial score (nSPS) is 10.2. The summed E-state index contributed by atoms with van der Waals surface area (Å²) in [4.78, 5) is 0. The third-order valence-corrected chi connectivity index (χ3v) is 1.47. The maximum absolute atomic E-state index is 10.0. The van der Waals surface area contributed by atoms with Crippen molar-refractivity contribution in [3.8, 4) is 0 Å². The number of primary sulfonamides is 1. The fourth-order valence-electron chi connectivity index (χ4n) is 0.285. The van der Waals surface area contributed by atoms with Crippen molar-refractivity contribution in [1.82, 2.24) is 0 Å². The third kappa shape index (κ3) is 10.5. The van der Waals surface area contributed by atoms with E-state index in [1.807, 2.05) is 0 Å². The zero-order valence-electron chi connectivity index (χ0n) is 6.22. The average Bonchev–Trinajstić information content (AvgIpc) is 1.30. The maximum atomic E-state index is 10.0. The van der Waals surface area contributed by atoms with Gasteiger partial charge in [0.1, 0.15) is 0 Å². The molecule has 0 radical (unpaired) electrons. The van der Waals surface area contributed by atoms with Crippen molar-refractivity contribution in [2.24, 2.45) is 5.14 Å². The van der Waals surface area contributed by atoms with E-state index in [1.54, 1.807) is 6.92 Å². The molecular formula is C3H10KNO2S. The standard InChI is InChI=1S/C3H9NO2S.K.H/c1-2-3-7(4,5)6;;/h2-3H2,1H3,(H2,4,5,6);;/q;+1;-1. The fourth-order valence-corrected chi connectivity index (χ4v) is 0.854. The quantitative estimate of drug-likeness (QED) is 0.436. The number of hydrogen-bond donors (Lipinski definition) is 1. The largest absolute Gasteiger partial charge is 1.00 e. The van der Waals surface area contributed by atoms with Crippen molar-refractivity contribution in [1.29, 1.82) is 0 Å². The molecule has 2 N–H and O–H groups in total. The van der Waals surface area contributed by atoms with E-state index in [4.69, 9.17) is 0 Å². The smallest absolute Gasteiger partial charge is 1.00 e. The van der Waals surface area contributed by atoms with Gasteiger partial charge in [-0.3, -0.25) is 0 Å². The first-order valence-corrected chi connectivity index (χ1v) is 3.78. The minimum Gasteiger partial charge on any atom is -1.00 e. The number of sulfonamides is 1. The van der Waals surface area contributed by atoms with Gasteiger partial charge in [0.05, 0.1) is 5.75 Å². The minimum atomic E-state index is -3.17. The molecule has 0 atom stereocenters. The molecule has 8 heavy (non-hydrogen) atoms. The van der Waals surface area contributed by atoms with Gasteiger partial charge < -0.3 is 1.43 Å².